The van der Waals surface area contributed by atoms with E-state index in [0.717, 1.165) is 42.1 Å². The average Bonchev–Trinajstić information content (AvgIpc) is 2.98. The maximum Gasteiger partial charge on any atom is 0.220 e. The van der Waals surface area contributed by atoms with Gasteiger partial charge in [0.1, 0.15) is 5.82 Å². The van der Waals surface area contributed by atoms with E-state index >= 15 is 0 Å². The van der Waals surface area contributed by atoms with Gasteiger partial charge in [0.05, 0.1) is 0 Å². The molecule has 134 valence electrons. The largest absolute Gasteiger partial charge is 0.358 e. The van der Waals surface area contributed by atoms with Gasteiger partial charge in [-0.15, -0.1) is 0 Å². The molecule has 0 fully saturated rings. The topological polar surface area (TPSA) is 44.9 Å². The molecule has 0 aliphatic heterocycles. The van der Waals surface area contributed by atoms with Crippen molar-refractivity contribution in [1.29, 1.82) is 0 Å². The highest BCUT2D eigenvalue weighted by atomic mass is 19.1. The van der Waals surface area contributed by atoms with Crippen LogP contribution in [-0.4, -0.2) is 16.9 Å². The van der Waals surface area contributed by atoms with Gasteiger partial charge in [0.25, 0.3) is 0 Å². The molecule has 1 heterocycles. The van der Waals surface area contributed by atoms with Gasteiger partial charge in [-0.25, -0.2) is 4.39 Å². The van der Waals surface area contributed by atoms with E-state index in [1.54, 1.807) is 12.1 Å². The lowest BCUT2D eigenvalue weighted by Gasteiger charge is -2.23. The number of hydrogen-bond donors (Lipinski definition) is 2. The van der Waals surface area contributed by atoms with Gasteiger partial charge in [0, 0.05) is 29.1 Å². The molecule has 2 N–H and O–H groups in total. The monoisotopic (exact) mass is 350 g/mol. The van der Waals surface area contributed by atoms with E-state index in [0.29, 0.717) is 6.42 Å². The molecule has 1 unspecified atom stereocenters. The van der Waals surface area contributed by atoms with Gasteiger partial charge >= 0.3 is 0 Å². The molecule has 1 amide bonds. The Labute approximate surface area is 152 Å². The zero-order valence-electron chi connectivity index (χ0n) is 14.9. The summed E-state index contributed by atoms with van der Waals surface area (Å²) in [6, 6.07) is 13.3. The van der Waals surface area contributed by atoms with Gasteiger partial charge < -0.3 is 10.3 Å². The van der Waals surface area contributed by atoms with Crippen molar-refractivity contribution in [3.8, 4) is 0 Å². The Bertz CT molecular complexity index is 943. The van der Waals surface area contributed by atoms with Crippen molar-refractivity contribution in [3.05, 3.63) is 70.7 Å². The first-order chi connectivity index (χ1) is 12.6. The van der Waals surface area contributed by atoms with Gasteiger partial charge in [-0.2, -0.15) is 0 Å². The number of aromatic nitrogens is 1. The van der Waals surface area contributed by atoms with Crippen LogP contribution in [0, 0.1) is 12.7 Å². The minimum Gasteiger partial charge on any atom is -0.358 e. The van der Waals surface area contributed by atoms with Crippen molar-refractivity contribution in [3.63, 3.8) is 0 Å². The number of carbonyl (C=O) groups is 1. The van der Waals surface area contributed by atoms with Crippen molar-refractivity contribution in [1.82, 2.24) is 10.3 Å². The SMILES string of the molecule is Cc1ccc(CCC(=O)NC2CCc3[nH]c4ccc(F)cc4c3C2)cc1. The lowest BCUT2D eigenvalue weighted by molar-refractivity contribution is -0.121. The van der Waals surface area contributed by atoms with Gasteiger partial charge in [0.15, 0.2) is 0 Å². The van der Waals surface area contributed by atoms with Gasteiger partial charge in [-0.3, -0.25) is 4.79 Å². The van der Waals surface area contributed by atoms with E-state index in [4.69, 9.17) is 0 Å². The molecular formula is C22H23FN2O. The first-order valence-electron chi connectivity index (χ1n) is 9.22. The lowest BCUT2D eigenvalue weighted by Crippen LogP contribution is -2.38. The fraction of sp³-hybridized carbons (Fsp3) is 0.318. The predicted octanol–water partition coefficient (Wildman–Crippen LogP) is 4.22. The molecule has 26 heavy (non-hydrogen) atoms. The van der Waals surface area contributed by atoms with Gasteiger partial charge in [-0.1, -0.05) is 29.8 Å². The molecule has 0 spiro atoms. The molecule has 1 aromatic heterocycles. The number of fused-ring (bicyclic) bond motifs is 3. The second kappa shape index (κ2) is 6.94. The molecule has 0 saturated heterocycles. The van der Waals surface area contributed by atoms with Crippen LogP contribution in [0.25, 0.3) is 10.9 Å². The number of benzene rings is 2. The van der Waals surface area contributed by atoms with Crippen molar-refractivity contribution in [2.24, 2.45) is 0 Å². The van der Waals surface area contributed by atoms with Crippen molar-refractivity contribution in [2.45, 2.75) is 45.1 Å². The van der Waals surface area contributed by atoms with Crippen LogP contribution < -0.4 is 5.32 Å². The number of amides is 1. The van der Waals surface area contributed by atoms with Crippen molar-refractivity contribution in [2.75, 3.05) is 0 Å². The Morgan fingerprint density at radius 1 is 1.23 bits per heavy atom. The number of hydrogen-bond acceptors (Lipinski definition) is 1. The van der Waals surface area contributed by atoms with Crippen LogP contribution in [0.5, 0.6) is 0 Å². The summed E-state index contributed by atoms with van der Waals surface area (Å²) in [6.07, 6.45) is 3.81. The number of aryl methyl sites for hydroxylation is 3. The number of aromatic amines is 1. The summed E-state index contributed by atoms with van der Waals surface area (Å²) in [4.78, 5) is 15.7. The minimum atomic E-state index is -0.219. The normalized spacial score (nSPS) is 16.5. The van der Waals surface area contributed by atoms with Crippen LogP contribution in [-0.2, 0) is 24.1 Å². The van der Waals surface area contributed by atoms with Crippen LogP contribution in [0.15, 0.2) is 42.5 Å². The van der Waals surface area contributed by atoms with Crippen molar-refractivity contribution >= 4 is 16.8 Å². The molecule has 0 saturated carbocycles. The second-order valence-corrected chi connectivity index (χ2v) is 7.26. The summed E-state index contributed by atoms with van der Waals surface area (Å²) in [5.41, 5.74) is 5.71. The number of carbonyl (C=O) groups excluding carboxylic acids is 1. The van der Waals surface area contributed by atoms with Gasteiger partial charge in [-0.05, 0) is 61.9 Å². The average molecular weight is 350 g/mol. The van der Waals surface area contributed by atoms with Crippen LogP contribution >= 0.6 is 0 Å². The van der Waals surface area contributed by atoms with Crippen LogP contribution in [0.1, 0.15) is 35.2 Å². The van der Waals surface area contributed by atoms with E-state index in [2.05, 4.69) is 41.5 Å². The third-order valence-corrected chi connectivity index (χ3v) is 5.28. The molecule has 4 rings (SSSR count). The fourth-order valence-corrected chi connectivity index (χ4v) is 3.82. The van der Waals surface area contributed by atoms with Crippen molar-refractivity contribution < 1.29 is 9.18 Å². The van der Waals surface area contributed by atoms with Crippen LogP contribution in [0.2, 0.25) is 0 Å². The smallest absolute Gasteiger partial charge is 0.220 e. The highest BCUT2D eigenvalue weighted by Gasteiger charge is 2.23. The zero-order valence-corrected chi connectivity index (χ0v) is 14.9. The Morgan fingerprint density at radius 2 is 2.04 bits per heavy atom. The van der Waals surface area contributed by atoms with E-state index in [1.807, 2.05) is 0 Å². The van der Waals surface area contributed by atoms with Gasteiger partial charge in [0.2, 0.25) is 5.91 Å². The number of nitrogens with one attached hydrogen (secondary N) is 2. The zero-order chi connectivity index (χ0) is 18.1. The molecular weight excluding hydrogens is 327 g/mol. The standard InChI is InChI=1S/C22H23FN2O/c1-14-2-4-15(5-3-14)6-11-22(26)24-17-8-10-21-19(13-17)18-12-16(23)7-9-20(18)25-21/h2-5,7,9,12,17,25H,6,8,10-11,13H2,1H3,(H,24,26). The van der Waals surface area contributed by atoms with E-state index in [-0.39, 0.29) is 17.8 Å². The predicted molar refractivity (Wildman–Crippen MR) is 102 cm³/mol. The molecule has 1 atom stereocenters. The highest BCUT2D eigenvalue weighted by molar-refractivity contribution is 5.85. The Kier molecular flexibility index (Phi) is 4.49. The number of rotatable bonds is 4. The maximum atomic E-state index is 13.6. The molecule has 0 radical (unpaired) electrons. The molecule has 2 aromatic carbocycles. The number of H-pyrrole nitrogens is 1. The molecule has 4 heteroatoms. The molecule has 1 aliphatic carbocycles. The Morgan fingerprint density at radius 3 is 2.85 bits per heavy atom. The van der Waals surface area contributed by atoms with E-state index in [9.17, 15) is 9.18 Å². The third kappa shape index (κ3) is 3.50. The van der Waals surface area contributed by atoms with Crippen LogP contribution in [0.3, 0.4) is 0 Å². The molecule has 3 nitrogen and oxygen atoms in total. The quantitative estimate of drug-likeness (QED) is 0.727. The second-order valence-electron chi connectivity index (χ2n) is 7.26. The Balaban J connectivity index is 1.39. The molecule has 1 aliphatic rings. The van der Waals surface area contributed by atoms with Crippen LogP contribution in [0.4, 0.5) is 4.39 Å². The molecule has 3 aromatic rings. The first kappa shape index (κ1) is 16.8. The lowest BCUT2D eigenvalue weighted by atomic mass is 9.91. The summed E-state index contributed by atoms with van der Waals surface area (Å²) >= 11 is 0. The highest BCUT2D eigenvalue weighted by Crippen LogP contribution is 2.29. The van der Waals surface area contributed by atoms with E-state index < -0.39 is 0 Å². The third-order valence-electron chi connectivity index (χ3n) is 5.28. The Hall–Kier alpha value is -2.62. The fourth-order valence-electron chi connectivity index (χ4n) is 3.82. The summed E-state index contributed by atoms with van der Waals surface area (Å²) in [7, 11) is 0. The first-order valence-corrected chi connectivity index (χ1v) is 9.22. The number of halogens is 1. The maximum absolute atomic E-state index is 13.6. The molecule has 0 bridgehead atoms. The summed E-state index contributed by atoms with van der Waals surface area (Å²) < 4.78 is 13.6. The van der Waals surface area contributed by atoms with E-state index in [1.165, 1.54) is 22.9 Å². The minimum absolute atomic E-state index is 0.0880. The summed E-state index contributed by atoms with van der Waals surface area (Å²) in [6.45, 7) is 2.06. The summed E-state index contributed by atoms with van der Waals surface area (Å²) in [5, 5.41) is 4.11. The summed E-state index contributed by atoms with van der Waals surface area (Å²) in [5.74, 6) is -0.131.